The van der Waals surface area contributed by atoms with E-state index in [1.54, 1.807) is 4.52 Å². The Morgan fingerprint density at radius 2 is 1.90 bits per heavy atom. The number of amides is 1. The first-order valence-corrected chi connectivity index (χ1v) is 10.6. The number of morpholine rings is 1. The van der Waals surface area contributed by atoms with Crippen LogP contribution in [0.2, 0.25) is 0 Å². The van der Waals surface area contributed by atoms with Crippen molar-refractivity contribution in [1.82, 2.24) is 29.8 Å². The van der Waals surface area contributed by atoms with Gasteiger partial charge in [-0.25, -0.2) is 4.98 Å². The lowest BCUT2D eigenvalue weighted by atomic mass is 9.79. The van der Waals surface area contributed by atoms with Crippen molar-refractivity contribution in [3.8, 4) is 0 Å². The lowest BCUT2D eigenvalue weighted by Gasteiger charge is -2.48. The predicted octanol–water partition coefficient (Wildman–Crippen LogP) is 1.02. The molecule has 0 radical (unpaired) electrons. The van der Waals surface area contributed by atoms with E-state index in [2.05, 4.69) is 25.3 Å². The van der Waals surface area contributed by atoms with Gasteiger partial charge in [-0.3, -0.25) is 9.69 Å². The Hall–Kier alpha value is -2.26. The highest BCUT2D eigenvalue weighted by Crippen LogP contribution is 2.34. The molecule has 9 heteroatoms. The van der Waals surface area contributed by atoms with Gasteiger partial charge in [0, 0.05) is 42.1 Å². The molecule has 2 aromatic heterocycles. The number of hydrogen-bond acceptors (Lipinski definition) is 7. The Balaban J connectivity index is 1.47. The summed E-state index contributed by atoms with van der Waals surface area (Å²) >= 11 is 0. The average molecular weight is 402 g/mol. The number of ether oxygens (including phenoxy) is 1. The summed E-state index contributed by atoms with van der Waals surface area (Å²) in [5, 5.41) is 7.41. The van der Waals surface area contributed by atoms with E-state index in [4.69, 9.17) is 10.5 Å². The van der Waals surface area contributed by atoms with Gasteiger partial charge in [-0.2, -0.15) is 9.50 Å². The van der Waals surface area contributed by atoms with Gasteiger partial charge in [0.1, 0.15) is 0 Å². The Morgan fingerprint density at radius 3 is 2.62 bits per heavy atom. The maximum Gasteiger partial charge on any atom is 0.254 e. The Bertz CT molecular complexity index is 883. The molecule has 1 saturated carbocycles. The fourth-order valence-electron chi connectivity index (χ4n) is 4.82. The van der Waals surface area contributed by atoms with E-state index in [1.165, 1.54) is 19.3 Å². The maximum atomic E-state index is 12.9. The van der Waals surface area contributed by atoms with Crippen LogP contribution in [0.5, 0.6) is 0 Å². The monoisotopic (exact) mass is 401 g/mol. The number of fused-ring (bicyclic) bond motifs is 1. The van der Waals surface area contributed by atoms with Crippen LogP contribution in [-0.2, 0) is 16.0 Å². The van der Waals surface area contributed by atoms with Crippen molar-refractivity contribution in [2.24, 2.45) is 0 Å². The summed E-state index contributed by atoms with van der Waals surface area (Å²) in [7, 11) is 0. The highest BCUT2D eigenvalue weighted by molar-refractivity contribution is 5.79. The van der Waals surface area contributed by atoms with Crippen LogP contribution in [0.4, 0.5) is 5.95 Å². The van der Waals surface area contributed by atoms with E-state index in [1.807, 2.05) is 13.8 Å². The Kier molecular flexibility index (Phi) is 5.69. The molecule has 2 fully saturated rings. The van der Waals surface area contributed by atoms with E-state index in [0.29, 0.717) is 12.3 Å². The van der Waals surface area contributed by atoms with Gasteiger partial charge in [0.25, 0.3) is 5.78 Å². The van der Waals surface area contributed by atoms with E-state index >= 15 is 0 Å². The van der Waals surface area contributed by atoms with Gasteiger partial charge in [0.15, 0.2) is 0 Å². The number of aryl methyl sites for hydroxylation is 2. The topological polar surface area (TPSA) is 111 Å². The summed E-state index contributed by atoms with van der Waals surface area (Å²) in [5.41, 5.74) is 8.28. The van der Waals surface area contributed by atoms with E-state index in [9.17, 15) is 4.79 Å². The summed E-state index contributed by atoms with van der Waals surface area (Å²) < 4.78 is 7.16. The van der Waals surface area contributed by atoms with Crippen LogP contribution in [0, 0.1) is 13.8 Å². The number of aromatic nitrogens is 4. The smallest absolute Gasteiger partial charge is 0.254 e. The molecule has 158 valence electrons. The molecule has 3 N–H and O–H groups in total. The number of nitrogens with zero attached hydrogens (tertiary/aromatic N) is 5. The minimum absolute atomic E-state index is 0.0173. The molecule has 1 aliphatic heterocycles. The van der Waals surface area contributed by atoms with Gasteiger partial charge in [-0.05, 0) is 26.7 Å². The van der Waals surface area contributed by atoms with Crippen molar-refractivity contribution in [2.75, 3.05) is 38.6 Å². The quantitative estimate of drug-likeness (QED) is 0.769. The number of hydrogen-bond donors (Lipinski definition) is 2. The van der Waals surface area contributed by atoms with Gasteiger partial charge in [0.05, 0.1) is 19.6 Å². The molecule has 9 nitrogen and oxygen atoms in total. The van der Waals surface area contributed by atoms with Gasteiger partial charge in [-0.15, -0.1) is 5.10 Å². The van der Waals surface area contributed by atoms with Crippen LogP contribution in [0.3, 0.4) is 0 Å². The third-order valence-electron chi connectivity index (χ3n) is 6.48. The molecular weight excluding hydrogens is 370 g/mol. The molecular formula is C20H31N7O2. The lowest BCUT2D eigenvalue weighted by molar-refractivity contribution is -0.121. The molecule has 1 aliphatic carbocycles. The first-order valence-electron chi connectivity index (χ1n) is 10.6. The molecule has 0 atom stereocenters. The summed E-state index contributed by atoms with van der Waals surface area (Å²) in [6.45, 7) is 7.97. The van der Waals surface area contributed by atoms with Gasteiger partial charge in [-0.1, -0.05) is 19.3 Å². The van der Waals surface area contributed by atoms with Crippen molar-refractivity contribution in [2.45, 2.75) is 57.9 Å². The Labute approximate surface area is 171 Å². The fourth-order valence-corrected chi connectivity index (χ4v) is 4.82. The van der Waals surface area contributed by atoms with Crippen molar-refractivity contribution < 1.29 is 9.53 Å². The number of carbonyl (C=O) groups is 1. The first kappa shape index (κ1) is 20.0. The second kappa shape index (κ2) is 8.23. The SMILES string of the molecule is Cc1nc2nc(N)nn2c(C)c1CC(=O)NCC1(N2CCOCC2)CCCCC1. The molecule has 0 spiro atoms. The lowest BCUT2D eigenvalue weighted by Crippen LogP contribution is -2.59. The number of nitrogen functional groups attached to an aromatic ring is 1. The minimum Gasteiger partial charge on any atom is -0.379 e. The minimum atomic E-state index is 0.0173. The molecule has 2 aromatic rings. The fraction of sp³-hybridized carbons (Fsp3) is 0.700. The number of rotatable bonds is 5. The van der Waals surface area contributed by atoms with Crippen molar-refractivity contribution in [1.29, 1.82) is 0 Å². The van der Waals surface area contributed by atoms with Gasteiger partial charge >= 0.3 is 0 Å². The highest BCUT2D eigenvalue weighted by atomic mass is 16.5. The summed E-state index contributed by atoms with van der Waals surface area (Å²) in [6, 6.07) is 0. The normalized spacial score (nSPS) is 20.1. The molecule has 1 saturated heterocycles. The second-order valence-electron chi connectivity index (χ2n) is 8.28. The standard InChI is InChI=1S/C20H31N7O2/c1-14-16(15(2)27-19(23-14)24-18(21)25-27)12-17(28)22-13-20(6-4-3-5-7-20)26-8-10-29-11-9-26/h3-13H2,1-2H3,(H2,21,25)(H,22,28). The van der Waals surface area contributed by atoms with Gasteiger partial charge in [0.2, 0.25) is 11.9 Å². The number of carbonyl (C=O) groups excluding carboxylic acids is 1. The van der Waals surface area contributed by atoms with Crippen LogP contribution in [0.25, 0.3) is 5.78 Å². The van der Waals surface area contributed by atoms with E-state index in [-0.39, 0.29) is 23.8 Å². The number of nitrogens with one attached hydrogen (secondary N) is 1. The van der Waals surface area contributed by atoms with Crippen molar-refractivity contribution in [3.05, 3.63) is 17.0 Å². The molecule has 4 rings (SSSR count). The third kappa shape index (κ3) is 4.06. The number of anilines is 1. The maximum absolute atomic E-state index is 12.9. The van der Waals surface area contributed by atoms with Crippen LogP contribution >= 0.6 is 0 Å². The first-order chi connectivity index (χ1) is 14.0. The molecule has 29 heavy (non-hydrogen) atoms. The zero-order valence-corrected chi connectivity index (χ0v) is 17.4. The molecule has 0 bridgehead atoms. The Morgan fingerprint density at radius 1 is 1.17 bits per heavy atom. The predicted molar refractivity (Wildman–Crippen MR) is 110 cm³/mol. The van der Waals surface area contributed by atoms with E-state index < -0.39 is 0 Å². The van der Waals surface area contributed by atoms with Crippen LogP contribution < -0.4 is 11.1 Å². The average Bonchev–Trinajstić information content (AvgIpc) is 3.11. The molecule has 3 heterocycles. The number of nitrogens with two attached hydrogens (primary N) is 1. The molecule has 1 amide bonds. The van der Waals surface area contributed by atoms with Gasteiger partial charge < -0.3 is 15.8 Å². The third-order valence-corrected chi connectivity index (χ3v) is 6.48. The zero-order valence-electron chi connectivity index (χ0n) is 17.4. The zero-order chi connectivity index (χ0) is 20.4. The van der Waals surface area contributed by atoms with Crippen molar-refractivity contribution in [3.63, 3.8) is 0 Å². The second-order valence-corrected chi connectivity index (χ2v) is 8.28. The van der Waals surface area contributed by atoms with Crippen LogP contribution in [0.15, 0.2) is 0 Å². The summed E-state index contributed by atoms with van der Waals surface area (Å²) in [6.07, 6.45) is 6.28. The molecule has 2 aliphatic rings. The highest BCUT2D eigenvalue weighted by Gasteiger charge is 2.38. The molecule has 0 aromatic carbocycles. The van der Waals surface area contributed by atoms with Crippen LogP contribution in [0.1, 0.15) is 49.1 Å². The largest absolute Gasteiger partial charge is 0.379 e. The van der Waals surface area contributed by atoms with Crippen LogP contribution in [-0.4, -0.2) is 68.8 Å². The molecule has 0 unspecified atom stereocenters. The summed E-state index contributed by atoms with van der Waals surface area (Å²) in [5.74, 6) is 0.671. The van der Waals surface area contributed by atoms with Crippen molar-refractivity contribution >= 4 is 17.6 Å². The summed E-state index contributed by atoms with van der Waals surface area (Å²) in [4.78, 5) is 24.0. The van der Waals surface area contributed by atoms with E-state index in [0.717, 1.165) is 56.1 Å².